The molecule has 1 heterocycles. The highest BCUT2D eigenvalue weighted by Crippen LogP contribution is 2.23. The summed E-state index contributed by atoms with van der Waals surface area (Å²) in [6.45, 7) is 7.33. The number of carbonyl (C=O) groups is 1. The molecule has 0 aromatic heterocycles. The second-order valence-corrected chi connectivity index (χ2v) is 9.15. The number of nitrogens with zero attached hydrogens (tertiary/aromatic N) is 1. The Labute approximate surface area is 203 Å². The van der Waals surface area contributed by atoms with Gasteiger partial charge in [-0.2, -0.15) is 0 Å². The lowest BCUT2D eigenvalue weighted by molar-refractivity contribution is -0.111. The lowest BCUT2D eigenvalue weighted by Gasteiger charge is -2.26. The highest BCUT2D eigenvalue weighted by atomic mass is 16.5. The van der Waals surface area contributed by atoms with E-state index in [0.717, 1.165) is 29.1 Å². The SMILES string of the molecule is CC(C)Oc1ccc(/C=C(/C(=O)Nc2ccc(CN3CCCCC3)cc2)c2ccccc2)cc1. The van der Waals surface area contributed by atoms with E-state index in [2.05, 4.69) is 22.3 Å². The van der Waals surface area contributed by atoms with Crippen molar-refractivity contribution >= 4 is 23.2 Å². The molecule has 0 radical (unpaired) electrons. The van der Waals surface area contributed by atoms with Crippen LogP contribution in [0, 0.1) is 0 Å². The van der Waals surface area contributed by atoms with Gasteiger partial charge in [-0.1, -0.05) is 61.0 Å². The molecule has 0 atom stereocenters. The summed E-state index contributed by atoms with van der Waals surface area (Å²) < 4.78 is 5.74. The van der Waals surface area contributed by atoms with E-state index < -0.39 is 0 Å². The number of nitrogens with one attached hydrogen (secondary N) is 1. The average Bonchev–Trinajstić information content (AvgIpc) is 2.85. The van der Waals surface area contributed by atoms with Crippen molar-refractivity contribution in [3.8, 4) is 5.75 Å². The summed E-state index contributed by atoms with van der Waals surface area (Å²) in [5.41, 5.74) is 4.53. The fraction of sp³-hybridized carbons (Fsp3) is 0.300. The van der Waals surface area contributed by atoms with Crippen LogP contribution in [0.5, 0.6) is 5.75 Å². The fourth-order valence-corrected chi connectivity index (χ4v) is 4.25. The van der Waals surface area contributed by atoms with Crippen molar-refractivity contribution in [3.05, 3.63) is 95.6 Å². The summed E-state index contributed by atoms with van der Waals surface area (Å²) in [6.07, 6.45) is 5.97. The van der Waals surface area contributed by atoms with Crippen LogP contribution < -0.4 is 10.1 Å². The van der Waals surface area contributed by atoms with Crippen LogP contribution in [0.25, 0.3) is 11.6 Å². The van der Waals surface area contributed by atoms with Crippen molar-refractivity contribution in [1.29, 1.82) is 0 Å². The minimum Gasteiger partial charge on any atom is -0.491 e. The molecule has 4 nitrogen and oxygen atoms in total. The second kappa shape index (κ2) is 11.7. The van der Waals surface area contributed by atoms with Gasteiger partial charge in [0.15, 0.2) is 0 Å². The first kappa shape index (κ1) is 23.8. The topological polar surface area (TPSA) is 41.6 Å². The van der Waals surface area contributed by atoms with Crippen molar-refractivity contribution in [2.45, 2.75) is 45.8 Å². The smallest absolute Gasteiger partial charge is 0.256 e. The largest absolute Gasteiger partial charge is 0.491 e. The molecular formula is C30H34N2O2. The Morgan fingerprint density at radius 3 is 2.24 bits per heavy atom. The maximum atomic E-state index is 13.3. The van der Waals surface area contributed by atoms with Crippen LogP contribution in [0.3, 0.4) is 0 Å². The summed E-state index contributed by atoms with van der Waals surface area (Å²) in [7, 11) is 0. The van der Waals surface area contributed by atoms with Crippen LogP contribution in [-0.4, -0.2) is 30.0 Å². The lowest BCUT2D eigenvalue weighted by Crippen LogP contribution is -2.29. The molecule has 1 N–H and O–H groups in total. The van der Waals surface area contributed by atoms with Crippen molar-refractivity contribution in [2.75, 3.05) is 18.4 Å². The van der Waals surface area contributed by atoms with Gasteiger partial charge in [-0.3, -0.25) is 9.69 Å². The first-order valence-electron chi connectivity index (χ1n) is 12.2. The number of likely N-dealkylation sites (tertiary alicyclic amines) is 1. The molecule has 0 aliphatic carbocycles. The van der Waals surface area contributed by atoms with Gasteiger partial charge < -0.3 is 10.1 Å². The van der Waals surface area contributed by atoms with Gasteiger partial charge >= 0.3 is 0 Å². The zero-order chi connectivity index (χ0) is 23.8. The molecule has 0 bridgehead atoms. The first-order valence-corrected chi connectivity index (χ1v) is 12.2. The monoisotopic (exact) mass is 454 g/mol. The Morgan fingerprint density at radius 1 is 0.912 bits per heavy atom. The Balaban J connectivity index is 1.49. The molecule has 1 aliphatic heterocycles. The zero-order valence-electron chi connectivity index (χ0n) is 20.2. The summed E-state index contributed by atoms with van der Waals surface area (Å²) in [4.78, 5) is 15.8. The van der Waals surface area contributed by atoms with Gasteiger partial charge in [0.1, 0.15) is 5.75 Å². The number of amides is 1. The van der Waals surface area contributed by atoms with E-state index in [-0.39, 0.29) is 12.0 Å². The van der Waals surface area contributed by atoms with Crippen LogP contribution in [0.2, 0.25) is 0 Å². The number of benzene rings is 3. The summed E-state index contributed by atoms with van der Waals surface area (Å²) in [6, 6.07) is 25.8. The molecule has 4 rings (SSSR count). The van der Waals surface area contributed by atoms with Gasteiger partial charge in [0.2, 0.25) is 0 Å². The Bertz CT molecular complexity index is 1080. The van der Waals surface area contributed by atoms with Crippen LogP contribution in [0.4, 0.5) is 5.69 Å². The Kier molecular flexibility index (Phi) is 8.16. The molecule has 0 saturated carbocycles. The third kappa shape index (κ3) is 6.82. The minimum atomic E-state index is -0.127. The predicted molar refractivity (Wildman–Crippen MR) is 141 cm³/mol. The number of carbonyl (C=O) groups excluding carboxylic acids is 1. The van der Waals surface area contributed by atoms with E-state index in [4.69, 9.17) is 4.74 Å². The number of anilines is 1. The van der Waals surface area contributed by atoms with Gasteiger partial charge in [-0.15, -0.1) is 0 Å². The molecule has 0 spiro atoms. The molecule has 3 aromatic carbocycles. The first-order chi connectivity index (χ1) is 16.6. The summed E-state index contributed by atoms with van der Waals surface area (Å²) in [5.74, 6) is 0.694. The summed E-state index contributed by atoms with van der Waals surface area (Å²) >= 11 is 0. The third-order valence-electron chi connectivity index (χ3n) is 5.96. The lowest BCUT2D eigenvalue weighted by atomic mass is 10.0. The number of hydrogen-bond donors (Lipinski definition) is 1. The number of ether oxygens (including phenoxy) is 1. The molecule has 1 aliphatic rings. The summed E-state index contributed by atoms with van der Waals surface area (Å²) in [5, 5.41) is 3.08. The zero-order valence-corrected chi connectivity index (χ0v) is 20.2. The van der Waals surface area contributed by atoms with Gasteiger partial charge in [-0.25, -0.2) is 0 Å². The molecular weight excluding hydrogens is 420 g/mol. The molecule has 0 unspecified atom stereocenters. The van der Waals surface area contributed by atoms with Crippen molar-refractivity contribution < 1.29 is 9.53 Å². The normalized spacial score (nSPS) is 14.7. The van der Waals surface area contributed by atoms with Gasteiger partial charge in [0, 0.05) is 17.8 Å². The molecule has 1 fully saturated rings. The van der Waals surface area contributed by atoms with E-state index in [1.165, 1.54) is 37.9 Å². The van der Waals surface area contributed by atoms with E-state index in [0.29, 0.717) is 5.57 Å². The Hall–Kier alpha value is -3.37. The Morgan fingerprint density at radius 2 is 1.59 bits per heavy atom. The molecule has 3 aromatic rings. The number of rotatable bonds is 8. The fourth-order valence-electron chi connectivity index (χ4n) is 4.25. The van der Waals surface area contributed by atoms with Crippen molar-refractivity contribution in [2.24, 2.45) is 0 Å². The molecule has 1 amide bonds. The highest BCUT2D eigenvalue weighted by Gasteiger charge is 2.14. The molecule has 176 valence electrons. The predicted octanol–water partition coefficient (Wildman–Crippen LogP) is 6.64. The van der Waals surface area contributed by atoms with E-state index in [9.17, 15) is 4.79 Å². The van der Waals surface area contributed by atoms with Gasteiger partial charge in [0.05, 0.1) is 6.10 Å². The van der Waals surface area contributed by atoms with Crippen LogP contribution in [0.1, 0.15) is 49.8 Å². The van der Waals surface area contributed by atoms with Crippen LogP contribution >= 0.6 is 0 Å². The molecule has 4 heteroatoms. The molecule has 34 heavy (non-hydrogen) atoms. The van der Waals surface area contributed by atoms with Crippen molar-refractivity contribution in [1.82, 2.24) is 4.90 Å². The van der Waals surface area contributed by atoms with Crippen molar-refractivity contribution in [3.63, 3.8) is 0 Å². The minimum absolute atomic E-state index is 0.123. The quantitative estimate of drug-likeness (QED) is 0.306. The van der Waals surface area contributed by atoms with Gasteiger partial charge in [0.25, 0.3) is 5.91 Å². The maximum Gasteiger partial charge on any atom is 0.256 e. The van der Waals surface area contributed by atoms with Crippen LogP contribution in [0.15, 0.2) is 78.9 Å². The standard InChI is InChI=1S/C30H34N2O2/c1-23(2)34-28-17-13-24(14-18-28)21-29(26-9-5-3-6-10-26)30(33)31-27-15-11-25(12-16-27)22-32-19-7-4-8-20-32/h3,5-6,9-18,21,23H,4,7-8,19-20,22H2,1-2H3,(H,31,33)/b29-21+. The highest BCUT2D eigenvalue weighted by molar-refractivity contribution is 6.29. The maximum absolute atomic E-state index is 13.3. The van der Waals surface area contributed by atoms with E-state index in [1.807, 2.05) is 86.7 Å². The third-order valence-corrected chi connectivity index (χ3v) is 5.96. The van der Waals surface area contributed by atoms with E-state index >= 15 is 0 Å². The van der Waals surface area contributed by atoms with E-state index in [1.54, 1.807) is 0 Å². The number of piperidine rings is 1. The van der Waals surface area contributed by atoms with Crippen LogP contribution in [-0.2, 0) is 11.3 Å². The van der Waals surface area contributed by atoms with Gasteiger partial charge in [-0.05, 0) is 86.8 Å². The molecule has 1 saturated heterocycles. The second-order valence-electron chi connectivity index (χ2n) is 9.15. The number of hydrogen-bond acceptors (Lipinski definition) is 3. The average molecular weight is 455 g/mol.